The summed E-state index contributed by atoms with van der Waals surface area (Å²) in [7, 11) is 0. The van der Waals surface area contributed by atoms with Gasteiger partial charge in [0.05, 0.1) is 11.0 Å². The van der Waals surface area contributed by atoms with Gasteiger partial charge in [-0.3, -0.25) is 0 Å². The smallest absolute Gasteiger partial charge is 0.0645 e. The van der Waals surface area contributed by atoms with Crippen LogP contribution in [0.15, 0.2) is 28.6 Å². The number of hydrogen-bond donors (Lipinski definition) is 0. The zero-order chi connectivity index (χ0) is 23.1. The Bertz CT molecular complexity index is 791. The molecule has 1 saturated heterocycles. The molecule has 0 saturated carbocycles. The van der Waals surface area contributed by atoms with Crippen LogP contribution in [-0.4, -0.2) is 37.9 Å². The predicted octanol–water partition coefficient (Wildman–Crippen LogP) is 2.20. The molecule has 0 spiro atoms. The van der Waals surface area contributed by atoms with E-state index in [0.717, 1.165) is 0 Å². The van der Waals surface area contributed by atoms with Gasteiger partial charge in [-0.2, -0.15) is 0 Å². The maximum Gasteiger partial charge on any atom is 0.0645 e. The van der Waals surface area contributed by atoms with Crippen molar-refractivity contribution in [2.75, 3.05) is 37.9 Å². The molecule has 0 N–H and O–H groups in total. The highest BCUT2D eigenvalue weighted by molar-refractivity contribution is 9.10. The van der Waals surface area contributed by atoms with E-state index in [1.54, 1.807) is 0 Å². The second-order valence-electron chi connectivity index (χ2n) is 2.28. The maximum absolute atomic E-state index is 8.17. The summed E-state index contributed by atoms with van der Waals surface area (Å²) in [5.41, 5.74) is -1.05. The van der Waals surface area contributed by atoms with E-state index in [1.165, 1.54) is 0 Å². The Hall–Kier alpha value is -0.540. The van der Waals surface area contributed by atoms with Crippen molar-refractivity contribution < 1.29 is 20.6 Å². The van der Waals surface area contributed by atoms with Crippen LogP contribution >= 0.6 is 15.9 Å². The predicted molar refractivity (Wildman–Crippen MR) is 63.9 cm³/mol. The molecule has 14 heavy (non-hydrogen) atoms. The molecule has 0 amide bonds. The standard InChI is InChI=1S/C11H15BrN2/c1-13-6-8-14(9-7-13)11-4-2-10(12)3-5-11/h2-5H,6-9H2,1H3/i1D3,2D,3D,4D,5D,6D2,7D2,8D2,9D2. The van der Waals surface area contributed by atoms with Crippen LogP contribution in [0.4, 0.5) is 5.69 Å². The van der Waals surface area contributed by atoms with Gasteiger partial charge in [-0.25, -0.2) is 0 Å². The second-order valence-corrected chi connectivity index (χ2v) is 3.07. The number of nitrogens with zero attached hydrogens (tertiary/aromatic N) is 2. The highest BCUT2D eigenvalue weighted by Crippen LogP contribution is 2.19. The fourth-order valence-corrected chi connectivity index (χ4v) is 0.968. The molecule has 2 nitrogen and oxygen atoms in total. The molecule has 1 aliphatic rings. The molecule has 0 atom stereocenters. The molecule has 76 valence electrons. The molecule has 0 unspecified atom stereocenters. The molecule has 1 aromatic carbocycles. The van der Waals surface area contributed by atoms with Crippen molar-refractivity contribution >= 4 is 21.6 Å². The zero-order valence-corrected chi connectivity index (χ0v) is 8.36. The van der Waals surface area contributed by atoms with Gasteiger partial charge in [-0.05, 0) is 31.1 Å². The van der Waals surface area contributed by atoms with Crippen LogP contribution in [0.1, 0.15) is 20.6 Å². The first-order valence-corrected chi connectivity index (χ1v) is 4.32. The van der Waals surface area contributed by atoms with Crippen LogP contribution in [-0.2, 0) is 0 Å². The largest absolute Gasteiger partial charge is 0.369 e. The van der Waals surface area contributed by atoms with Gasteiger partial charge >= 0.3 is 0 Å². The number of benzene rings is 1. The third kappa shape index (κ3) is 2.28. The van der Waals surface area contributed by atoms with Crippen molar-refractivity contribution in [1.29, 1.82) is 0 Å². The highest BCUT2D eigenvalue weighted by atomic mass is 79.9. The number of anilines is 1. The maximum atomic E-state index is 8.17. The molecule has 0 aromatic heterocycles. The molecule has 0 aliphatic carbocycles. The summed E-state index contributed by atoms with van der Waals surface area (Å²) in [6, 6.07) is -3.38. The van der Waals surface area contributed by atoms with E-state index in [0.29, 0.717) is 0 Å². The average Bonchev–Trinajstić information content (AvgIpc) is 2.51. The van der Waals surface area contributed by atoms with E-state index in [1.807, 2.05) is 0 Å². The van der Waals surface area contributed by atoms with Gasteiger partial charge in [0.25, 0.3) is 0 Å². The molecule has 1 aromatic rings. The monoisotopic (exact) mass is 269 g/mol. The number of halogens is 1. The van der Waals surface area contributed by atoms with Gasteiger partial charge in [0, 0.05) is 45.7 Å². The van der Waals surface area contributed by atoms with Crippen LogP contribution in [0.3, 0.4) is 0 Å². The molecular weight excluding hydrogens is 240 g/mol. The summed E-state index contributed by atoms with van der Waals surface area (Å²) < 4.78 is 119. The molecule has 2 rings (SSSR count). The zero-order valence-electron chi connectivity index (χ0n) is 21.8. The number of piperazine rings is 1. The fraction of sp³-hybridized carbons (Fsp3) is 0.455. The Morgan fingerprint density at radius 3 is 2.50 bits per heavy atom. The Morgan fingerprint density at radius 1 is 1.29 bits per heavy atom. The first-order valence-electron chi connectivity index (χ1n) is 11.0. The topological polar surface area (TPSA) is 6.48 Å². The summed E-state index contributed by atoms with van der Waals surface area (Å²) in [6.45, 7) is -18.2. The third-order valence-corrected chi connectivity index (χ3v) is 1.75. The quantitative estimate of drug-likeness (QED) is 0.772. The first-order chi connectivity index (χ1) is 12.7. The number of likely N-dealkylation sites (N-methyl/N-ethyl adjacent to an activating group) is 1. The summed E-state index contributed by atoms with van der Waals surface area (Å²) in [4.78, 5) is -0.714. The van der Waals surface area contributed by atoms with Crippen LogP contribution < -0.4 is 4.90 Å². The summed E-state index contributed by atoms with van der Waals surface area (Å²) in [5.74, 6) is 0. The van der Waals surface area contributed by atoms with Gasteiger partial charge in [0.1, 0.15) is 0 Å². The van der Waals surface area contributed by atoms with Crippen molar-refractivity contribution in [2.45, 2.75) is 0 Å². The van der Waals surface area contributed by atoms with Crippen molar-refractivity contribution in [3.8, 4) is 0 Å². The summed E-state index contributed by atoms with van der Waals surface area (Å²) >= 11 is 2.82. The average molecular weight is 270 g/mol. The van der Waals surface area contributed by atoms with Gasteiger partial charge in [-0.15, -0.1) is 0 Å². The lowest BCUT2D eigenvalue weighted by molar-refractivity contribution is 0.313. The SMILES string of the molecule is [2H]c1c([2H])c(N2C([2H])([2H])C([2H])([2H])N(C([2H])([2H])[2H])C([2H])([2H])C2([2H])[2H])c([2H])c([2H])c1Br. The number of rotatable bonds is 1. The summed E-state index contributed by atoms with van der Waals surface area (Å²) in [6.07, 6.45) is 0. The van der Waals surface area contributed by atoms with Gasteiger partial charge < -0.3 is 9.80 Å². The minimum atomic E-state index is -3.68. The van der Waals surface area contributed by atoms with Crippen molar-refractivity contribution in [1.82, 2.24) is 4.90 Å². The van der Waals surface area contributed by atoms with Crippen molar-refractivity contribution in [3.63, 3.8) is 0 Å². The molecule has 1 fully saturated rings. The molecule has 3 heteroatoms. The Balaban J connectivity index is 2.99. The fourth-order valence-electron chi connectivity index (χ4n) is 0.770. The van der Waals surface area contributed by atoms with Gasteiger partial charge in [-0.1, -0.05) is 15.9 Å². The molecule has 0 radical (unpaired) electrons. The minimum Gasteiger partial charge on any atom is -0.369 e. The minimum absolute atomic E-state index is 0.185. The van der Waals surface area contributed by atoms with E-state index >= 15 is 0 Å². The lowest BCUT2D eigenvalue weighted by Gasteiger charge is -2.34. The van der Waals surface area contributed by atoms with E-state index in [-0.39, 0.29) is 9.37 Å². The first kappa shape index (κ1) is 2.41. The Labute approximate surface area is 115 Å². The molecular formula is C11H15BrN2. The van der Waals surface area contributed by atoms with Crippen molar-refractivity contribution in [2.24, 2.45) is 0 Å². The number of hydrogen-bond acceptors (Lipinski definition) is 2. The Kier molecular flexibility index (Phi) is 0.743. The van der Waals surface area contributed by atoms with Crippen LogP contribution in [0.5, 0.6) is 0 Å². The second kappa shape index (κ2) is 4.32. The van der Waals surface area contributed by atoms with E-state index < -0.39 is 67.7 Å². The van der Waals surface area contributed by atoms with Crippen molar-refractivity contribution in [3.05, 3.63) is 28.6 Å². The van der Waals surface area contributed by atoms with E-state index in [2.05, 4.69) is 15.9 Å². The Morgan fingerprint density at radius 2 is 1.93 bits per heavy atom. The van der Waals surface area contributed by atoms with Crippen LogP contribution in [0, 0.1) is 0 Å². The highest BCUT2D eigenvalue weighted by Gasteiger charge is 2.13. The summed E-state index contributed by atoms with van der Waals surface area (Å²) in [5, 5.41) is 0. The third-order valence-electron chi connectivity index (χ3n) is 1.35. The van der Waals surface area contributed by atoms with Gasteiger partial charge in [0.2, 0.25) is 0 Å². The van der Waals surface area contributed by atoms with E-state index in [9.17, 15) is 0 Å². The lowest BCUT2D eigenvalue weighted by atomic mass is 10.2. The normalized spacial score (nSPS) is 49.5. The van der Waals surface area contributed by atoms with Crippen LogP contribution in [0.2, 0.25) is 0 Å². The van der Waals surface area contributed by atoms with Crippen LogP contribution in [0.25, 0.3) is 0 Å². The van der Waals surface area contributed by atoms with E-state index in [4.69, 9.17) is 20.6 Å². The lowest BCUT2D eigenvalue weighted by Crippen LogP contribution is -2.44. The molecule has 0 bridgehead atoms. The van der Waals surface area contributed by atoms with Gasteiger partial charge in [0.15, 0.2) is 0 Å². The molecule has 1 aliphatic heterocycles. The molecule has 1 heterocycles.